The van der Waals surface area contributed by atoms with Crippen molar-refractivity contribution in [1.82, 2.24) is 20.1 Å². The summed E-state index contributed by atoms with van der Waals surface area (Å²) in [6.45, 7) is 15.9. The van der Waals surface area contributed by atoms with Gasteiger partial charge < -0.3 is 19.9 Å². The van der Waals surface area contributed by atoms with Crippen LogP contribution in [0.3, 0.4) is 0 Å². The molecule has 37 heavy (non-hydrogen) atoms. The molecule has 2 amide bonds. The van der Waals surface area contributed by atoms with E-state index in [0.29, 0.717) is 30.8 Å². The molecule has 3 N–H and O–H groups in total. The summed E-state index contributed by atoms with van der Waals surface area (Å²) < 4.78 is 5.50. The number of carbonyl (C=O) groups excluding carboxylic acids is 2. The zero-order chi connectivity index (χ0) is 27.9. The number of amidine groups is 1. The van der Waals surface area contributed by atoms with E-state index < -0.39 is 5.60 Å². The first-order valence-corrected chi connectivity index (χ1v) is 12.4. The molecule has 0 unspecified atom stereocenters. The molecule has 0 aromatic carbocycles. The summed E-state index contributed by atoms with van der Waals surface area (Å²) in [4.78, 5) is 33.1. The van der Waals surface area contributed by atoms with Gasteiger partial charge in [-0.25, -0.2) is 4.79 Å². The smallest absolute Gasteiger partial charge is 0.410 e. The van der Waals surface area contributed by atoms with Gasteiger partial charge >= 0.3 is 6.09 Å². The summed E-state index contributed by atoms with van der Waals surface area (Å²) in [6.07, 6.45) is 8.46. The Balaban J connectivity index is 2.14. The molecule has 9 heteroatoms. The second-order valence-electron chi connectivity index (χ2n) is 10.5. The Morgan fingerprint density at radius 1 is 1.22 bits per heavy atom. The average Bonchev–Trinajstić information content (AvgIpc) is 2.81. The summed E-state index contributed by atoms with van der Waals surface area (Å²) in [6, 6.07) is 1.74. The van der Waals surface area contributed by atoms with E-state index >= 15 is 0 Å². The average molecular weight is 509 g/mol. The Bertz CT molecular complexity index is 1140. The molecule has 1 aromatic heterocycles. The third-order valence-corrected chi connectivity index (χ3v) is 5.70. The molecule has 0 bridgehead atoms. The van der Waals surface area contributed by atoms with Gasteiger partial charge in [0.1, 0.15) is 17.1 Å². The summed E-state index contributed by atoms with van der Waals surface area (Å²) >= 11 is 0. The summed E-state index contributed by atoms with van der Waals surface area (Å²) in [5, 5.41) is 18.7. The van der Waals surface area contributed by atoms with Gasteiger partial charge in [-0.15, -0.1) is 0 Å². The number of allylic oxidation sites excluding steroid dienone is 4. The van der Waals surface area contributed by atoms with Gasteiger partial charge in [0.25, 0.3) is 5.91 Å². The van der Waals surface area contributed by atoms with Gasteiger partial charge in [0, 0.05) is 31.0 Å². The number of hydrogen-bond donors (Lipinski definition) is 3. The topological polar surface area (TPSA) is 122 Å². The molecule has 0 spiro atoms. The molecule has 0 atom stereocenters. The maximum atomic E-state index is 13.0. The molecule has 2 rings (SSSR count). The summed E-state index contributed by atoms with van der Waals surface area (Å²) in [5.74, 6) is -0.0996. The molecule has 200 valence electrons. The van der Waals surface area contributed by atoms with Crippen LogP contribution in [0, 0.1) is 10.8 Å². The van der Waals surface area contributed by atoms with Crippen LogP contribution >= 0.6 is 0 Å². The van der Waals surface area contributed by atoms with Crippen molar-refractivity contribution in [2.45, 2.75) is 80.0 Å². The number of fused-ring (bicyclic) bond motifs is 1. The molecule has 0 saturated carbocycles. The fourth-order valence-electron chi connectivity index (χ4n) is 3.61. The van der Waals surface area contributed by atoms with Gasteiger partial charge in [-0.3, -0.25) is 20.6 Å². The highest BCUT2D eigenvalue weighted by Crippen LogP contribution is 2.21. The Hall–Kier alpha value is -3.75. The van der Waals surface area contributed by atoms with Gasteiger partial charge in [-0.1, -0.05) is 17.7 Å². The van der Waals surface area contributed by atoms with Crippen molar-refractivity contribution in [3.63, 3.8) is 0 Å². The second kappa shape index (κ2) is 12.5. The third kappa shape index (κ3) is 8.41. The lowest BCUT2D eigenvalue weighted by Gasteiger charge is -2.31. The van der Waals surface area contributed by atoms with Crippen LogP contribution in [0.2, 0.25) is 0 Å². The van der Waals surface area contributed by atoms with E-state index in [2.05, 4.69) is 10.3 Å². The monoisotopic (exact) mass is 508 g/mol. The van der Waals surface area contributed by atoms with Crippen LogP contribution in [-0.2, 0) is 17.7 Å². The molecule has 0 fully saturated rings. The number of ether oxygens (including phenoxy) is 1. The molecule has 0 aliphatic carbocycles. The third-order valence-electron chi connectivity index (χ3n) is 5.70. The Morgan fingerprint density at radius 2 is 1.89 bits per heavy atom. The predicted octanol–water partition coefficient (Wildman–Crippen LogP) is 5.20. The van der Waals surface area contributed by atoms with Crippen molar-refractivity contribution in [3.8, 4) is 0 Å². The Morgan fingerprint density at radius 3 is 2.46 bits per heavy atom. The maximum absolute atomic E-state index is 13.0. The molecule has 1 aromatic rings. The highest BCUT2D eigenvalue weighted by molar-refractivity contribution is 6.01. The van der Waals surface area contributed by atoms with E-state index in [-0.39, 0.29) is 29.6 Å². The number of hydrogen-bond acceptors (Lipinski definition) is 6. The lowest BCUT2D eigenvalue weighted by atomic mass is 10.0. The Kier molecular flexibility index (Phi) is 9.94. The van der Waals surface area contributed by atoms with Crippen LogP contribution in [0.4, 0.5) is 4.79 Å². The first kappa shape index (κ1) is 29.5. The minimum atomic E-state index is -0.573. The van der Waals surface area contributed by atoms with Crippen LogP contribution in [0.5, 0.6) is 0 Å². The van der Waals surface area contributed by atoms with E-state index in [1.54, 1.807) is 40.3 Å². The van der Waals surface area contributed by atoms with Gasteiger partial charge in [-0.2, -0.15) is 0 Å². The second-order valence-corrected chi connectivity index (χ2v) is 10.5. The van der Waals surface area contributed by atoms with E-state index in [0.717, 1.165) is 23.0 Å². The highest BCUT2D eigenvalue weighted by atomic mass is 16.6. The van der Waals surface area contributed by atoms with Crippen LogP contribution in [0.1, 0.15) is 77.0 Å². The highest BCUT2D eigenvalue weighted by Gasteiger charge is 2.26. The quantitative estimate of drug-likeness (QED) is 0.266. The maximum Gasteiger partial charge on any atom is 0.410 e. The number of amides is 2. The number of carbonyl (C=O) groups is 2. The van der Waals surface area contributed by atoms with E-state index in [9.17, 15) is 9.59 Å². The zero-order valence-corrected chi connectivity index (χ0v) is 23.2. The molecule has 0 saturated heterocycles. The van der Waals surface area contributed by atoms with Crippen LogP contribution in [0.25, 0.3) is 0 Å². The van der Waals surface area contributed by atoms with Gasteiger partial charge in [0.05, 0.1) is 6.34 Å². The van der Waals surface area contributed by atoms with Crippen molar-refractivity contribution >= 4 is 24.2 Å². The number of nitrogens with zero attached hydrogens (tertiary/aromatic N) is 3. The standard InChI is InChI=1S/C28H40N6O3/c1-18(2)23(11-9-10-20(5)25(30)34(17-29)19(3)4)32-26(35)24-14-22-16-33(13-12-21(22)15-31-24)27(36)37-28(6,7)8/h9-11,14-15,17,19,29-30H,12-13,16H2,1-8H3,(H,32,35)/b11-9-,20-10+,29-17?,30-25?. The minimum absolute atomic E-state index is 0.00490. The molecule has 0 radical (unpaired) electrons. The fourth-order valence-corrected chi connectivity index (χ4v) is 3.61. The first-order chi connectivity index (χ1) is 17.2. The van der Waals surface area contributed by atoms with Crippen LogP contribution in [-0.4, -0.2) is 57.1 Å². The van der Waals surface area contributed by atoms with Gasteiger partial charge in [0.15, 0.2) is 0 Å². The minimum Gasteiger partial charge on any atom is -0.444 e. The molecular weight excluding hydrogens is 468 g/mol. The molecule has 1 aliphatic heterocycles. The number of pyridine rings is 1. The van der Waals surface area contributed by atoms with Crippen molar-refractivity contribution in [3.05, 3.63) is 64.2 Å². The number of rotatable bonds is 7. The van der Waals surface area contributed by atoms with Crippen molar-refractivity contribution in [2.24, 2.45) is 0 Å². The van der Waals surface area contributed by atoms with Crippen LogP contribution < -0.4 is 5.32 Å². The van der Waals surface area contributed by atoms with E-state index in [1.165, 1.54) is 0 Å². The fraction of sp³-hybridized carbons (Fsp3) is 0.464. The largest absolute Gasteiger partial charge is 0.444 e. The van der Waals surface area contributed by atoms with Crippen LogP contribution in [0.15, 0.2) is 47.3 Å². The molecule has 9 nitrogen and oxygen atoms in total. The van der Waals surface area contributed by atoms with Gasteiger partial charge in [0.2, 0.25) is 0 Å². The SMILES string of the molecule is CC(C)=C(/C=C\C=C(/C)C(=N)N(C=N)C(C)C)NC(=O)c1cc2c(cn1)CCN(C(=O)OC(C)(C)C)C2. The normalized spacial score (nSPS) is 13.8. The number of aromatic nitrogens is 1. The lowest BCUT2D eigenvalue weighted by Crippen LogP contribution is -2.40. The predicted molar refractivity (Wildman–Crippen MR) is 147 cm³/mol. The van der Waals surface area contributed by atoms with E-state index in [4.69, 9.17) is 15.6 Å². The van der Waals surface area contributed by atoms with Gasteiger partial charge in [-0.05, 0) is 90.7 Å². The lowest BCUT2D eigenvalue weighted by molar-refractivity contribution is 0.0224. The van der Waals surface area contributed by atoms with E-state index in [1.807, 2.05) is 55.4 Å². The first-order valence-electron chi connectivity index (χ1n) is 12.4. The van der Waals surface area contributed by atoms with Crippen molar-refractivity contribution < 1.29 is 14.3 Å². The Labute approximate surface area is 220 Å². The molecule has 1 aliphatic rings. The zero-order valence-electron chi connectivity index (χ0n) is 23.2. The molecule has 2 heterocycles. The molecular formula is C28H40N6O3. The number of nitrogens with one attached hydrogen (secondary N) is 3. The summed E-state index contributed by atoms with van der Waals surface area (Å²) in [7, 11) is 0. The van der Waals surface area contributed by atoms with Crippen molar-refractivity contribution in [2.75, 3.05) is 6.54 Å². The van der Waals surface area contributed by atoms with Crippen molar-refractivity contribution in [1.29, 1.82) is 10.8 Å². The summed E-state index contributed by atoms with van der Waals surface area (Å²) in [5.41, 5.74) is 3.82.